The molecule has 0 spiro atoms. The molecule has 7 heteroatoms. The van der Waals surface area contributed by atoms with Gasteiger partial charge in [-0.2, -0.15) is 4.98 Å². The van der Waals surface area contributed by atoms with Crippen molar-refractivity contribution in [2.75, 3.05) is 43.9 Å². The number of aromatic nitrogens is 3. The Morgan fingerprint density at radius 1 is 1.20 bits per heavy atom. The van der Waals surface area contributed by atoms with E-state index in [2.05, 4.69) is 30.1 Å². The van der Waals surface area contributed by atoms with Crippen molar-refractivity contribution < 1.29 is 5.11 Å². The molecule has 0 radical (unpaired) electrons. The van der Waals surface area contributed by atoms with Crippen LogP contribution >= 0.6 is 0 Å². The van der Waals surface area contributed by atoms with E-state index >= 15 is 0 Å². The van der Waals surface area contributed by atoms with Gasteiger partial charge in [-0.25, -0.2) is 4.98 Å². The number of nitrogens with zero attached hydrogens (tertiary/aromatic N) is 5. The Labute approximate surface area is 148 Å². The van der Waals surface area contributed by atoms with Gasteiger partial charge in [-0.05, 0) is 45.1 Å². The zero-order valence-electron chi connectivity index (χ0n) is 14.8. The minimum Gasteiger partial charge on any atom is -0.393 e. The first-order valence-corrected chi connectivity index (χ1v) is 8.71. The number of hydrogen-bond donors (Lipinski definition) is 2. The van der Waals surface area contributed by atoms with Gasteiger partial charge >= 0.3 is 0 Å². The van der Waals surface area contributed by atoms with E-state index in [4.69, 9.17) is 0 Å². The number of rotatable bonds is 6. The molecule has 0 amide bonds. The van der Waals surface area contributed by atoms with Crippen molar-refractivity contribution >= 4 is 11.8 Å². The smallest absolute Gasteiger partial charge is 0.224 e. The molecule has 1 atom stereocenters. The second kappa shape index (κ2) is 8.22. The zero-order chi connectivity index (χ0) is 17.6. The summed E-state index contributed by atoms with van der Waals surface area (Å²) in [5.41, 5.74) is 1.01. The molecule has 1 saturated heterocycles. The second-order valence-electron chi connectivity index (χ2n) is 6.57. The number of anilines is 2. The molecule has 25 heavy (non-hydrogen) atoms. The van der Waals surface area contributed by atoms with Gasteiger partial charge in [0.05, 0.1) is 17.8 Å². The molecule has 7 nitrogen and oxygen atoms in total. The molecule has 1 aliphatic rings. The molecule has 1 aliphatic heterocycles. The largest absolute Gasteiger partial charge is 0.393 e. The topological polar surface area (TPSA) is 77.4 Å². The minimum absolute atomic E-state index is 0.138. The maximum Gasteiger partial charge on any atom is 0.224 e. The van der Waals surface area contributed by atoms with Crippen LogP contribution < -0.4 is 10.2 Å². The highest BCUT2D eigenvalue weighted by Crippen LogP contribution is 2.20. The fourth-order valence-electron chi connectivity index (χ4n) is 3.02. The Morgan fingerprint density at radius 2 is 2.00 bits per heavy atom. The molecule has 2 N–H and O–H groups in total. The number of pyridine rings is 1. The molecule has 134 valence electrons. The predicted octanol–water partition coefficient (Wildman–Crippen LogP) is 1.55. The van der Waals surface area contributed by atoms with Crippen molar-refractivity contribution in [3.8, 4) is 0 Å². The van der Waals surface area contributed by atoms with Gasteiger partial charge in [-0.15, -0.1) is 0 Å². The quantitative estimate of drug-likeness (QED) is 0.824. The maximum absolute atomic E-state index is 9.65. The lowest BCUT2D eigenvalue weighted by atomic mass is 10.1. The van der Waals surface area contributed by atoms with E-state index in [0.29, 0.717) is 12.5 Å². The van der Waals surface area contributed by atoms with Crippen LogP contribution in [0.3, 0.4) is 0 Å². The highest BCUT2D eigenvalue weighted by Gasteiger charge is 2.19. The molecule has 3 heterocycles. The number of aliphatic hydroxyl groups is 1. The summed E-state index contributed by atoms with van der Waals surface area (Å²) in [6.45, 7) is 2.32. The van der Waals surface area contributed by atoms with Crippen molar-refractivity contribution in [1.29, 1.82) is 0 Å². The zero-order valence-corrected chi connectivity index (χ0v) is 14.8. The molecule has 1 fully saturated rings. The number of likely N-dealkylation sites (N-methyl/N-ethyl adjacent to an activating group) is 1. The molecule has 3 rings (SSSR count). The van der Waals surface area contributed by atoms with Crippen molar-refractivity contribution in [2.45, 2.75) is 25.0 Å². The van der Waals surface area contributed by atoms with Gasteiger partial charge in [0.1, 0.15) is 5.82 Å². The molecule has 2 aromatic heterocycles. The molecule has 0 aromatic carbocycles. The van der Waals surface area contributed by atoms with E-state index < -0.39 is 0 Å². The van der Waals surface area contributed by atoms with Crippen LogP contribution in [0, 0.1) is 0 Å². The van der Waals surface area contributed by atoms with Gasteiger partial charge in [0.2, 0.25) is 5.95 Å². The van der Waals surface area contributed by atoms with Gasteiger partial charge in [-0.1, -0.05) is 6.07 Å². The monoisotopic (exact) mass is 342 g/mol. The van der Waals surface area contributed by atoms with Crippen molar-refractivity contribution in [1.82, 2.24) is 19.9 Å². The third-order valence-electron chi connectivity index (χ3n) is 4.54. The highest BCUT2D eigenvalue weighted by atomic mass is 16.3. The van der Waals surface area contributed by atoms with E-state index in [9.17, 15) is 5.11 Å². The lowest BCUT2D eigenvalue weighted by Gasteiger charge is -2.30. The molecule has 0 aliphatic carbocycles. The van der Waals surface area contributed by atoms with Gasteiger partial charge in [0.25, 0.3) is 0 Å². The fraction of sp³-hybridized carbons (Fsp3) is 0.500. The summed E-state index contributed by atoms with van der Waals surface area (Å²) in [5, 5.41) is 13.0. The van der Waals surface area contributed by atoms with Crippen LogP contribution in [-0.2, 0) is 0 Å². The van der Waals surface area contributed by atoms with Crippen LogP contribution in [0.5, 0.6) is 0 Å². The standard InChI is InChI=1S/C18H26N6O/c1-23(2)16(15-5-3-4-9-19-15)13-21-18-20-10-6-17(22-18)24-11-7-14(25)8-12-24/h3-6,9-10,14,16,25H,7-8,11-13H2,1-2H3,(H,20,21,22)/t16-/m0/s1. The second-order valence-corrected chi connectivity index (χ2v) is 6.57. The molecular weight excluding hydrogens is 316 g/mol. The van der Waals surface area contributed by atoms with E-state index in [-0.39, 0.29) is 12.1 Å². The van der Waals surface area contributed by atoms with Gasteiger partial charge in [-0.3, -0.25) is 9.88 Å². The van der Waals surface area contributed by atoms with Gasteiger partial charge in [0.15, 0.2) is 0 Å². The highest BCUT2D eigenvalue weighted by molar-refractivity contribution is 5.43. The van der Waals surface area contributed by atoms with Crippen LogP contribution in [0.1, 0.15) is 24.6 Å². The average Bonchev–Trinajstić information content (AvgIpc) is 2.63. The number of hydrogen-bond acceptors (Lipinski definition) is 7. The number of aliphatic hydroxyl groups excluding tert-OH is 1. The van der Waals surface area contributed by atoms with E-state index in [1.54, 1.807) is 6.20 Å². The van der Waals surface area contributed by atoms with Crippen LogP contribution in [0.4, 0.5) is 11.8 Å². The first kappa shape index (κ1) is 17.6. The Morgan fingerprint density at radius 3 is 2.68 bits per heavy atom. The molecule has 2 aromatic rings. The van der Waals surface area contributed by atoms with Crippen LogP contribution in [0.25, 0.3) is 0 Å². The van der Waals surface area contributed by atoms with E-state index in [0.717, 1.165) is 37.4 Å². The average molecular weight is 342 g/mol. The van der Waals surface area contributed by atoms with Crippen molar-refractivity contribution in [3.63, 3.8) is 0 Å². The van der Waals surface area contributed by atoms with E-state index in [1.165, 1.54) is 0 Å². The Kier molecular flexibility index (Phi) is 5.78. The lowest BCUT2D eigenvalue weighted by molar-refractivity contribution is 0.145. The third kappa shape index (κ3) is 4.64. The van der Waals surface area contributed by atoms with Crippen LogP contribution in [-0.4, -0.2) is 64.8 Å². The molecule has 0 bridgehead atoms. The van der Waals surface area contributed by atoms with Crippen molar-refractivity contribution in [2.24, 2.45) is 0 Å². The van der Waals surface area contributed by atoms with Crippen molar-refractivity contribution in [3.05, 3.63) is 42.4 Å². The minimum atomic E-state index is -0.185. The Hall–Kier alpha value is -2.25. The third-order valence-corrected chi connectivity index (χ3v) is 4.54. The number of piperidine rings is 1. The number of nitrogens with one attached hydrogen (secondary N) is 1. The summed E-state index contributed by atoms with van der Waals surface area (Å²) < 4.78 is 0. The predicted molar refractivity (Wildman–Crippen MR) is 98.6 cm³/mol. The SMILES string of the molecule is CN(C)[C@@H](CNc1nccc(N2CCC(O)CC2)n1)c1ccccn1. The van der Waals surface area contributed by atoms with Crippen LogP contribution in [0.2, 0.25) is 0 Å². The molecule has 0 saturated carbocycles. The van der Waals surface area contributed by atoms with E-state index in [1.807, 2.05) is 44.6 Å². The normalized spacial score (nSPS) is 16.9. The Bertz CT molecular complexity index is 658. The lowest BCUT2D eigenvalue weighted by Crippen LogP contribution is -2.36. The first-order valence-electron chi connectivity index (χ1n) is 8.71. The summed E-state index contributed by atoms with van der Waals surface area (Å²) in [4.78, 5) is 17.7. The summed E-state index contributed by atoms with van der Waals surface area (Å²) >= 11 is 0. The van der Waals surface area contributed by atoms with Gasteiger partial charge < -0.3 is 15.3 Å². The molecule has 0 unspecified atom stereocenters. The van der Waals surface area contributed by atoms with Crippen LogP contribution in [0.15, 0.2) is 36.7 Å². The summed E-state index contributed by atoms with van der Waals surface area (Å²) in [6.07, 6.45) is 4.98. The fourth-order valence-corrected chi connectivity index (χ4v) is 3.02. The summed E-state index contributed by atoms with van der Waals surface area (Å²) in [5.74, 6) is 1.52. The van der Waals surface area contributed by atoms with Gasteiger partial charge in [0, 0.05) is 32.0 Å². The molecular formula is C18H26N6O. The first-order chi connectivity index (χ1) is 12.1. The summed E-state index contributed by atoms with van der Waals surface area (Å²) in [7, 11) is 4.08. The summed E-state index contributed by atoms with van der Waals surface area (Å²) in [6, 6.07) is 8.01. The Balaban J connectivity index is 1.65. The maximum atomic E-state index is 9.65.